The highest BCUT2D eigenvalue weighted by atomic mass is 28.4. The lowest BCUT2D eigenvalue weighted by atomic mass is 9.80. The SMILES string of the molecule is C#CCNC(=O)C(CC(O[Si](C)(C)C(C)(C)C)C(CC(Cc1ccc(OC)c(OCCCOC)c1)C(C)C)N=[N+]=[N-])C(C)C. The van der Waals surface area contributed by atoms with Gasteiger partial charge in [-0.05, 0) is 78.4 Å². The van der Waals surface area contributed by atoms with Crippen LogP contribution in [0, 0.1) is 36.0 Å². The first-order chi connectivity index (χ1) is 20.6. The molecule has 0 aliphatic rings. The van der Waals surface area contributed by atoms with E-state index in [1.165, 1.54) is 0 Å². The fraction of sp³-hybridized carbons (Fsp3) is 0.735. The molecule has 0 spiro atoms. The molecular weight excluding hydrogens is 572 g/mol. The predicted octanol–water partition coefficient (Wildman–Crippen LogP) is 7.80. The van der Waals surface area contributed by atoms with Crippen LogP contribution < -0.4 is 14.8 Å². The molecular formula is C34H58N4O5Si. The Bertz CT molecular complexity index is 1110. The second-order valence-electron chi connectivity index (χ2n) is 13.8. The van der Waals surface area contributed by atoms with Gasteiger partial charge in [0.05, 0.1) is 32.4 Å². The molecule has 0 aromatic heterocycles. The van der Waals surface area contributed by atoms with Crippen LogP contribution in [0.25, 0.3) is 10.4 Å². The number of azide groups is 1. The van der Waals surface area contributed by atoms with Gasteiger partial charge in [0, 0.05) is 31.0 Å². The van der Waals surface area contributed by atoms with Gasteiger partial charge in [-0.25, -0.2) is 0 Å². The van der Waals surface area contributed by atoms with Crippen LogP contribution >= 0.6 is 0 Å². The van der Waals surface area contributed by atoms with E-state index in [1.54, 1.807) is 14.2 Å². The Labute approximate surface area is 267 Å². The fourth-order valence-electron chi connectivity index (χ4n) is 4.93. The first-order valence-corrected chi connectivity index (χ1v) is 18.7. The molecule has 0 bridgehead atoms. The third-order valence-corrected chi connectivity index (χ3v) is 13.3. The quantitative estimate of drug-likeness (QED) is 0.0394. The van der Waals surface area contributed by atoms with Crippen molar-refractivity contribution < 1.29 is 23.4 Å². The number of carbonyl (C=O) groups is 1. The van der Waals surface area contributed by atoms with Crippen molar-refractivity contribution in [2.24, 2.45) is 28.8 Å². The van der Waals surface area contributed by atoms with Crippen LogP contribution in [-0.2, 0) is 20.4 Å². The van der Waals surface area contributed by atoms with Crippen LogP contribution in [0.15, 0.2) is 23.3 Å². The molecule has 0 heterocycles. The number of terminal acetylenes is 1. The zero-order valence-electron chi connectivity index (χ0n) is 29.1. The van der Waals surface area contributed by atoms with Crippen molar-refractivity contribution in [2.45, 2.75) is 104 Å². The minimum Gasteiger partial charge on any atom is -0.493 e. The van der Waals surface area contributed by atoms with Crippen LogP contribution in [0.3, 0.4) is 0 Å². The van der Waals surface area contributed by atoms with E-state index >= 15 is 0 Å². The van der Waals surface area contributed by atoms with Crippen LogP contribution in [0.5, 0.6) is 11.5 Å². The summed E-state index contributed by atoms with van der Waals surface area (Å²) in [6.45, 7) is 20.7. The molecule has 4 unspecified atom stereocenters. The summed E-state index contributed by atoms with van der Waals surface area (Å²) in [6, 6.07) is 5.59. The maximum atomic E-state index is 13.2. The zero-order chi connectivity index (χ0) is 33.5. The smallest absolute Gasteiger partial charge is 0.224 e. The highest BCUT2D eigenvalue weighted by molar-refractivity contribution is 6.74. The van der Waals surface area contributed by atoms with Gasteiger partial charge in [-0.2, -0.15) is 0 Å². The second-order valence-corrected chi connectivity index (χ2v) is 18.6. The van der Waals surface area contributed by atoms with E-state index in [9.17, 15) is 10.3 Å². The highest BCUT2D eigenvalue weighted by Crippen LogP contribution is 2.40. The standard InChI is InChI=1S/C34H58N4O5Si/c1-13-17-36-33(39)28(25(4)5)23-31(43-44(11,12)34(6,7)8)29(37-38-35)22-27(24(2)3)20-26-15-16-30(41-10)32(21-26)42-19-14-18-40-9/h1,15-16,21,24-25,27-29,31H,14,17-20,22-23H2,2-12H3,(H,36,39). The average Bonchev–Trinajstić information content (AvgIpc) is 2.94. The normalized spacial score (nSPS) is 14.7. The van der Waals surface area contributed by atoms with E-state index in [2.05, 4.69) is 75.0 Å². The van der Waals surface area contributed by atoms with Crippen molar-refractivity contribution in [1.82, 2.24) is 5.32 Å². The molecule has 4 atom stereocenters. The summed E-state index contributed by atoms with van der Waals surface area (Å²) in [4.78, 5) is 16.5. The fourth-order valence-corrected chi connectivity index (χ4v) is 6.29. The van der Waals surface area contributed by atoms with Gasteiger partial charge >= 0.3 is 0 Å². The third kappa shape index (κ3) is 12.7. The van der Waals surface area contributed by atoms with Crippen LogP contribution in [0.2, 0.25) is 18.1 Å². The van der Waals surface area contributed by atoms with Crippen LogP contribution in [-0.4, -0.2) is 60.3 Å². The van der Waals surface area contributed by atoms with E-state index in [4.69, 9.17) is 25.1 Å². The number of hydrogen-bond acceptors (Lipinski definition) is 6. The van der Waals surface area contributed by atoms with Crippen molar-refractivity contribution in [1.29, 1.82) is 0 Å². The van der Waals surface area contributed by atoms with Crippen molar-refractivity contribution in [3.63, 3.8) is 0 Å². The van der Waals surface area contributed by atoms with Gasteiger partial charge < -0.3 is 24.0 Å². The Balaban J connectivity index is 3.44. The molecule has 44 heavy (non-hydrogen) atoms. The molecule has 248 valence electrons. The molecule has 0 saturated carbocycles. The van der Waals surface area contributed by atoms with Gasteiger partial charge in [0.25, 0.3) is 0 Å². The summed E-state index contributed by atoms with van der Waals surface area (Å²) in [5.41, 5.74) is 10.9. The summed E-state index contributed by atoms with van der Waals surface area (Å²) in [5, 5.41) is 7.14. The van der Waals surface area contributed by atoms with E-state index < -0.39 is 20.5 Å². The maximum absolute atomic E-state index is 13.2. The molecule has 0 aliphatic carbocycles. The number of amides is 1. The Morgan fingerprint density at radius 3 is 2.30 bits per heavy atom. The second kappa shape index (κ2) is 19.0. The van der Waals surface area contributed by atoms with Gasteiger partial charge in [-0.1, -0.05) is 65.6 Å². The number of methoxy groups -OCH3 is 2. The van der Waals surface area contributed by atoms with Crippen LogP contribution in [0.1, 0.15) is 73.3 Å². The average molecular weight is 631 g/mol. The lowest BCUT2D eigenvalue weighted by Crippen LogP contribution is -2.49. The summed E-state index contributed by atoms with van der Waals surface area (Å²) in [5.74, 6) is 3.96. The zero-order valence-corrected chi connectivity index (χ0v) is 30.1. The third-order valence-electron chi connectivity index (χ3n) is 8.84. The van der Waals surface area contributed by atoms with Crippen molar-refractivity contribution in [3.8, 4) is 23.8 Å². The minimum atomic E-state index is -2.30. The number of carbonyl (C=O) groups excluding carboxylic acids is 1. The number of rotatable bonds is 20. The van der Waals surface area contributed by atoms with Crippen LogP contribution in [0.4, 0.5) is 0 Å². The van der Waals surface area contributed by atoms with E-state index in [0.29, 0.717) is 43.5 Å². The Hall–Kier alpha value is -2.70. The minimum absolute atomic E-state index is 0.0486. The number of nitrogens with one attached hydrogen (secondary N) is 1. The van der Waals surface area contributed by atoms with Crippen molar-refractivity contribution in [3.05, 3.63) is 34.2 Å². The molecule has 1 aromatic rings. The van der Waals surface area contributed by atoms with Gasteiger partial charge in [-0.3, -0.25) is 4.79 Å². The van der Waals surface area contributed by atoms with Gasteiger partial charge in [0.1, 0.15) is 0 Å². The monoisotopic (exact) mass is 630 g/mol. The molecule has 1 amide bonds. The summed E-state index contributed by atoms with van der Waals surface area (Å²) in [6.07, 6.45) is 7.60. The lowest BCUT2D eigenvalue weighted by molar-refractivity contribution is -0.127. The maximum Gasteiger partial charge on any atom is 0.224 e. The Kier molecular flexibility index (Phi) is 16.9. The highest BCUT2D eigenvalue weighted by Gasteiger charge is 2.42. The molecule has 9 nitrogen and oxygen atoms in total. The van der Waals surface area contributed by atoms with E-state index in [0.717, 1.165) is 18.4 Å². The Morgan fingerprint density at radius 2 is 1.77 bits per heavy atom. The topological polar surface area (TPSA) is 115 Å². The molecule has 0 aliphatic heterocycles. The van der Waals surface area contributed by atoms with Gasteiger partial charge in [0.15, 0.2) is 19.8 Å². The summed E-state index contributed by atoms with van der Waals surface area (Å²) in [7, 11) is 1.02. The number of ether oxygens (including phenoxy) is 3. The number of nitrogens with zero attached hydrogens (tertiary/aromatic N) is 3. The van der Waals surface area contributed by atoms with Gasteiger partial charge in [0.2, 0.25) is 5.91 Å². The molecule has 1 N–H and O–H groups in total. The number of benzene rings is 1. The molecule has 0 fully saturated rings. The molecule has 1 rings (SSSR count). The van der Waals surface area contributed by atoms with E-state index in [1.807, 2.05) is 26.0 Å². The first-order valence-electron chi connectivity index (χ1n) is 15.8. The van der Waals surface area contributed by atoms with Crippen molar-refractivity contribution in [2.75, 3.05) is 34.0 Å². The number of hydrogen-bond donors (Lipinski definition) is 1. The van der Waals surface area contributed by atoms with Gasteiger partial charge in [-0.15, -0.1) is 6.42 Å². The molecule has 0 radical (unpaired) electrons. The van der Waals surface area contributed by atoms with E-state index in [-0.39, 0.29) is 35.2 Å². The summed E-state index contributed by atoms with van der Waals surface area (Å²) >= 11 is 0. The van der Waals surface area contributed by atoms with Crippen molar-refractivity contribution >= 4 is 14.2 Å². The summed E-state index contributed by atoms with van der Waals surface area (Å²) < 4.78 is 23.7. The largest absolute Gasteiger partial charge is 0.493 e. The Morgan fingerprint density at radius 1 is 1.09 bits per heavy atom. The predicted molar refractivity (Wildman–Crippen MR) is 181 cm³/mol. The first kappa shape index (κ1) is 39.3. The molecule has 10 heteroatoms. The molecule has 1 aromatic carbocycles. The molecule has 0 saturated heterocycles. The lowest BCUT2D eigenvalue weighted by Gasteiger charge is -2.42.